The SMILES string of the molecule is CCCN(F)S(C)(=O)=O. The van der Waals surface area contributed by atoms with Crippen molar-refractivity contribution < 1.29 is 12.9 Å². The lowest BCUT2D eigenvalue weighted by molar-refractivity contribution is 0.140. The van der Waals surface area contributed by atoms with E-state index >= 15 is 0 Å². The van der Waals surface area contributed by atoms with Gasteiger partial charge in [0.05, 0.1) is 6.26 Å². The molecule has 0 fully saturated rings. The van der Waals surface area contributed by atoms with Gasteiger partial charge in [-0.3, -0.25) is 0 Å². The molecule has 0 rings (SSSR count). The highest BCUT2D eigenvalue weighted by Crippen LogP contribution is 1.98. The Morgan fingerprint density at radius 1 is 1.56 bits per heavy atom. The van der Waals surface area contributed by atoms with E-state index < -0.39 is 10.0 Å². The molecule has 0 saturated heterocycles. The summed E-state index contributed by atoms with van der Waals surface area (Å²) < 4.78 is 32.5. The first kappa shape index (κ1) is 8.84. The van der Waals surface area contributed by atoms with Gasteiger partial charge >= 0.3 is 0 Å². The van der Waals surface area contributed by atoms with Crippen molar-refractivity contribution in [3.63, 3.8) is 0 Å². The van der Waals surface area contributed by atoms with Gasteiger partial charge in [-0.05, 0) is 10.9 Å². The van der Waals surface area contributed by atoms with E-state index in [4.69, 9.17) is 0 Å². The molecule has 0 N–H and O–H groups in total. The zero-order valence-corrected chi connectivity index (χ0v) is 6.28. The predicted molar refractivity (Wildman–Crippen MR) is 32.9 cm³/mol. The molecule has 5 heteroatoms. The predicted octanol–water partition coefficient (Wildman–Crippen LogP) is 0.543. The van der Waals surface area contributed by atoms with E-state index in [9.17, 15) is 12.9 Å². The summed E-state index contributed by atoms with van der Waals surface area (Å²) in [5.41, 5.74) is 0. The molecule has 0 aromatic heterocycles. The van der Waals surface area contributed by atoms with E-state index in [2.05, 4.69) is 0 Å². The van der Waals surface area contributed by atoms with Gasteiger partial charge in [0.15, 0.2) is 0 Å². The first-order valence-electron chi connectivity index (χ1n) is 2.62. The molecule has 0 aromatic rings. The maximum atomic E-state index is 12.2. The Hall–Kier alpha value is -0.160. The fraction of sp³-hybridized carbons (Fsp3) is 1.00. The van der Waals surface area contributed by atoms with Crippen LogP contribution in [-0.2, 0) is 10.0 Å². The Morgan fingerprint density at radius 2 is 2.00 bits per heavy atom. The number of halogens is 1. The van der Waals surface area contributed by atoms with Crippen LogP contribution in [0, 0.1) is 0 Å². The summed E-state index contributed by atoms with van der Waals surface area (Å²) in [6, 6.07) is 0. The monoisotopic (exact) mass is 155 g/mol. The molecular weight excluding hydrogens is 145 g/mol. The summed E-state index contributed by atoms with van der Waals surface area (Å²) in [6.07, 6.45) is 1.33. The van der Waals surface area contributed by atoms with Gasteiger partial charge in [0.1, 0.15) is 0 Å². The van der Waals surface area contributed by atoms with Crippen molar-refractivity contribution in [3.05, 3.63) is 0 Å². The average Bonchev–Trinajstić information content (AvgIpc) is 1.64. The van der Waals surface area contributed by atoms with E-state index in [0.717, 1.165) is 6.26 Å². The topological polar surface area (TPSA) is 37.4 Å². The average molecular weight is 155 g/mol. The molecule has 3 nitrogen and oxygen atoms in total. The van der Waals surface area contributed by atoms with Gasteiger partial charge in [-0.25, -0.2) is 8.42 Å². The third-order valence-corrected chi connectivity index (χ3v) is 1.66. The third kappa shape index (κ3) is 3.42. The smallest absolute Gasteiger partial charge is 0.210 e. The molecule has 0 radical (unpaired) electrons. The van der Waals surface area contributed by atoms with E-state index in [1.807, 2.05) is 0 Å². The highest BCUT2D eigenvalue weighted by molar-refractivity contribution is 7.88. The van der Waals surface area contributed by atoms with Gasteiger partial charge in [-0.1, -0.05) is 6.92 Å². The quantitative estimate of drug-likeness (QED) is 0.558. The van der Waals surface area contributed by atoms with Crippen LogP contribution >= 0.6 is 0 Å². The molecule has 0 heterocycles. The first-order chi connectivity index (χ1) is 3.98. The van der Waals surface area contributed by atoms with Crippen LogP contribution in [0.25, 0.3) is 0 Å². The molecule has 0 aliphatic carbocycles. The molecule has 0 saturated carbocycles. The minimum Gasteiger partial charge on any atom is -0.210 e. The lowest BCUT2D eigenvalue weighted by Gasteiger charge is -2.05. The second-order valence-corrected chi connectivity index (χ2v) is 3.64. The molecule has 0 aromatic carbocycles. The van der Waals surface area contributed by atoms with Crippen molar-refractivity contribution >= 4 is 10.0 Å². The maximum Gasteiger partial charge on any atom is 0.237 e. The van der Waals surface area contributed by atoms with E-state index in [1.165, 1.54) is 0 Å². The fourth-order valence-corrected chi connectivity index (χ4v) is 0.856. The fourth-order valence-electron chi connectivity index (χ4n) is 0.342. The largest absolute Gasteiger partial charge is 0.237 e. The lowest BCUT2D eigenvalue weighted by atomic mass is 10.5. The molecule has 0 spiro atoms. The first-order valence-corrected chi connectivity index (χ1v) is 4.46. The Kier molecular flexibility index (Phi) is 3.07. The molecule has 0 unspecified atom stereocenters. The zero-order valence-electron chi connectivity index (χ0n) is 5.46. The summed E-state index contributed by atoms with van der Waals surface area (Å²) in [4.78, 5) is 0. The summed E-state index contributed by atoms with van der Waals surface area (Å²) in [5.74, 6) is 0. The van der Waals surface area contributed by atoms with Gasteiger partial charge in [-0.15, -0.1) is 4.48 Å². The van der Waals surface area contributed by atoms with Gasteiger partial charge in [0.25, 0.3) is 0 Å². The van der Waals surface area contributed by atoms with E-state index in [0.29, 0.717) is 6.42 Å². The minimum atomic E-state index is -3.60. The van der Waals surface area contributed by atoms with Crippen molar-refractivity contribution in [2.45, 2.75) is 13.3 Å². The number of sulfonamides is 1. The van der Waals surface area contributed by atoms with Crippen molar-refractivity contribution in [3.8, 4) is 0 Å². The highest BCUT2D eigenvalue weighted by atomic mass is 32.2. The van der Waals surface area contributed by atoms with Crippen molar-refractivity contribution in [1.82, 2.24) is 4.53 Å². The van der Waals surface area contributed by atoms with Crippen molar-refractivity contribution in [2.24, 2.45) is 0 Å². The van der Waals surface area contributed by atoms with Crippen LogP contribution in [0.1, 0.15) is 13.3 Å². The summed E-state index contributed by atoms with van der Waals surface area (Å²) in [7, 11) is -3.60. The number of rotatable bonds is 3. The van der Waals surface area contributed by atoms with Crippen molar-refractivity contribution in [1.29, 1.82) is 0 Å². The van der Waals surface area contributed by atoms with Gasteiger partial charge in [0, 0.05) is 6.54 Å². The Labute approximate surface area is 54.5 Å². The molecule has 0 atom stereocenters. The number of hydrogen-bond acceptors (Lipinski definition) is 2. The van der Waals surface area contributed by atoms with Crippen LogP contribution < -0.4 is 0 Å². The Balaban J connectivity index is 3.90. The highest BCUT2D eigenvalue weighted by Gasteiger charge is 2.12. The van der Waals surface area contributed by atoms with E-state index in [-0.39, 0.29) is 11.1 Å². The van der Waals surface area contributed by atoms with Crippen LogP contribution in [0.15, 0.2) is 0 Å². The zero-order chi connectivity index (χ0) is 7.49. The van der Waals surface area contributed by atoms with Gasteiger partial charge in [0.2, 0.25) is 10.0 Å². The molecule has 0 aliphatic heterocycles. The Bertz CT molecular complexity index is 165. The number of nitrogens with zero attached hydrogens (tertiary/aromatic N) is 1. The molecule has 56 valence electrons. The van der Waals surface area contributed by atoms with Crippen molar-refractivity contribution in [2.75, 3.05) is 12.8 Å². The van der Waals surface area contributed by atoms with Crippen LogP contribution in [0.4, 0.5) is 4.48 Å². The molecule has 0 aliphatic rings. The molecule has 0 amide bonds. The summed E-state index contributed by atoms with van der Waals surface area (Å²) in [5, 5.41) is 0. The molecular formula is C4H10FNO2S. The number of hydrogen-bond donors (Lipinski definition) is 0. The second kappa shape index (κ2) is 3.12. The summed E-state index contributed by atoms with van der Waals surface area (Å²) >= 11 is 0. The molecule has 0 bridgehead atoms. The normalized spacial score (nSPS) is 12.4. The van der Waals surface area contributed by atoms with Gasteiger partial charge < -0.3 is 0 Å². The standard InChI is InChI=1S/C4H10FNO2S/c1-3-4-6(5)9(2,7)8/h3-4H2,1-2H3. The minimum absolute atomic E-state index is 0.0567. The van der Waals surface area contributed by atoms with Crippen LogP contribution in [-0.4, -0.2) is 25.7 Å². The lowest BCUT2D eigenvalue weighted by Crippen LogP contribution is -2.21. The third-order valence-electron chi connectivity index (χ3n) is 0.759. The Morgan fingerprint density at radius 3 is 2.11 bits per heavy atom. The molecule has 9 heavy (non-hydrogen) atoms. The maximum absolute atomic E-state index is 12.2. The summed E-state index contributed by atoms with van der Waals surface area (Å²) in [6.45, 7) is 1.65. The van der Waals surface area contributed by atoms with Crippen LogP contribution in [0.5, 0.6) is 0 Å². The second-order valence-electron chi connectivity index (χ2n) is 1.77. The van der Waals surface area contributed by atoms with Crippen LogP contribution in [0.3, 0.4) is 0 Å². The van der Waals surface area contributed by atoms with Crippen LogP contribution in [0.2, 0.25) is 0 Å². The van der Waals surface area contributed by atoms with E-state index in [1.54, 1.807) is 6.92 Å². The van der Waals surface area contributed by atoms with Gasteiger partial charge in [-0.2, -0.15) is 0 Å².